The number of fused-ring (bicyclic) bond motifs is 1. The quantitative estimate of drug-likeness (QED) is 0.768. The maximum atomic E-state index is 12.0. The van der Waals surface area contributed by atoms with E-state index in [1.165, 1.54) is 0 Å². The molecule has 0 saturated heterocycles. The highest BCUT2D eigenvalue weighted by Gasteiger charge is 2.34. The Bertz CT molecular complexity index is 739. The standard InChI is InChI=1S/C14H16N6O2/c1-3-9-16-5-4-8(17-9)7-6-10(21)18-13-11(7)12(19-20-13)14(22)15-2/h4-5,7H,3,6H2,1-2H3,(H,15,22)(H2,18,19,20,21)/t7-/m0/s1. The van der Waals surface area contributed by atoms with Gasteiger partial charge in [-0.3, -0.25) is 14.7 Å². The van der Waals surface area contributed by atoms with Crippen molar-refractivity contribution in [3.63, 3.8) is 0 Å². The van der Waals surface area contributed by atoms with Gasteiger partial charge in [0.05, 0.1) is 5.69 Å². The van der Waals surface area contributed by atoms with Gasteiger partial charge in [0, 0.05) is 37.6 Å². The Morgan fingerprint density at radius 1 is 1.50 bits per heavy atom. The zero-order valence-corrected chi connectivity index (χ0v) is 12.3. The number of rotatable bonds is 3. The first-order chi connectivity index (χ1) is 10.6. The summed E-state index contributed by atoms with van der Waals surface area (Å²) >= 11 is 0. The minimum Gasteiger partial charge on any atom is -0.354 e. The van der Waals surface area contributed by atoms with Crippen LogP contribution in [-0.2, 0) is 11.2 Å². The molecule has 8 nitrogen and oxygen atoms in total. The molecule has 22 heavy (non-hydrogen) atoms. The molecule has 3 N–H and O–H groups in total. The van der Waals surface area contributed by atoms with E-state index in [0.717, 1.165) is 5.69 Å². The second kappa shape index (κ2) is 5.55. The Hall–Kier alpha value is -2.77. The van der Waals surface area contributed by atoms with E-state index in [9.17, 15) is 9.59 Å². The second-order valence-corrected chi connectivity index (χ2v) is 5.00. The summed E-state index contributed by atoms with van der Waals surface area (Å²) in [7, 11) is 1.55. The second-order valence-electron chi connectivity index (χ2n) is 5.00. The predicted octanol–water partition coefficient (Wildman–Crippen LogP) is 0.596. The van der Waals surface area contributed by atoms with Gasteiger partial charge in [-0.25, -0.2) is 9.97 Å². The van der Waals surface area contributed by atoms with E-state index < -0.39 is 0 Å². The van der Waals surface area contributed by atoms with Crippen LogP contribution in [0.25, 0.3) is 0 Å². The van der Waals surface area contributed by atoms with Crippen LogP contribution in [0.15, 0.2) is 12.3 Å². The first-order valence-electron chi connectivity index (χ1n) is 7.06. The fourth-order valence-corrected chi connectivity index (χ4v) is 2.59. The van der Waals surface area contributed by atoms with Crippen LogP contribution < -0.4 is 10.6 Å². The maximum absolute atomic E-state index is 12.0. The third-order valence-electron chi connectivity index (χ3n) is 3.65. The molecule has 1 aliphatic rings. The van der Waals surface area contributed by atoms with Gasteiger partial charge >= 0.3 is 0 Å². The molecule has 3 rings (SSSR count). The van der Waals surface area contributed by atoms with Crippen LogP contribution in [-0.4, -0.2) is 39.0 Å². The maximum Gasteiger partial charge on any atom is 0.269 e. The largest absolute Gasteiger partial charge is 0.354 e. The first kappa shape index (κ1) is 14.2. The Morgan fingerprint density at radius 2 is 2.32 bits per heavy atom. The Morgan fingerprint density at radius 3 is 3.05 bits per heavy atom. The molecule has 0 unspecified atom stereocenters. The van der Waals surface area contributed by atoms with Gasteiger partial charge in [-0.1, -0.05) is 6.92 Å². The molecule has 1 atom stereocenters. The Labute approximate surface area is 126 Å². The van der Waals surface area contributed by atoms with Crippen LogP contribution in [0, 0.1) is 0 Å². The lowest BCUT2D eigenvalue weighted by Crippen LogP contribution is -2.27. The normalized spacial score (nSPS) is 16.8. The van der Waals surface area contributed by atoms with Crippen LogP contribution in [0.3, 0.4) is 0 Å². The Balaban J connectivity index is 2.11. The molecule has 0 bridgehead atoms. The molecule has 0 fully saturated rings. The van der Waals surface area contributed by atoms with Crippen molar-refractivity contribution in [3.05, 3.63) is 35.0 Å². The fourth-order valence-electron chi connectivity index (χ4n) is 2.59. The van der Waals surface area contributed by atoms with Gasteiger partial charge in [0.2, 0.25) is 5.91 Å². The van der Waals surface area contributed by atoms with E-state index in [4.69, 9.17) is 0 Å². The minimum absolute atomic E-state index is 0.149. The summed E-state index contributed by atoms with van der Waals surface area (Å²) < 4.78 is 0. The van der Waals surface area contributed by atoms with Crippen molar-refractivity contribution in [2.45, 2.75) is 25.7 Å². The van der Waals surface area contributed by atoms with Crippen molar-refractivity contribution >= 4 is 17.6 Å². The van der Waals surface area contributed by atoms with Crippen molar-refractivity contribution in [3.8, 4) is 0 Å². The molecule has 0 saturated carbocycles. The number of H-pyrrole nitrogens is 1. The number of hydrogen-bond acceptors (Lipinski definition) is 5. The summed E-state index contributed by atoms with van der Waals surface area (Å²) in [5.74, 6) is 0.346. The molecule has 0 aromatic carbocycles. The monoisotopic (exact) mass is 300 g/mol. The van der Waals surface area contributed by atoms with Crippen LogP contribution in [0.5, 0.6) is 0 Å². The number of hydrogen-bond donors (Lipinski definition) is 3. The SMILES string of the molecule is CCc1nccc([C@@H]2CC(=O)Nc3n[nH]c(C(=O)NC)c32)n1. The van der Waals surface area contributed by atoms with Gasteiger partial charge in [-0.15, -0.1) is 0 Å². The molecular formula is C14H16N6O2. The number of nitrogens with one attached hydrogen (secondary N) is 3. The predicted molar refractivity (Wildman–Crippen MR) is 78.5 cm³/mol. The lowest BCUT2D eigenvalue weighted by Gasteiger charge is -2.22. The van der Waals surface area contributed by atoms with Crippen molar-refractivity contribution in [1.29, 1.82) is 0 Å². The summed E-state index contributed by atoms with van der Waals surface area (Å²) in [5.41, 5.74) is 1.73. The van der Waals surface area contributed by atoms with Crippen molar-refractivity contribution < 1.29 is 9.59 Å². The third-order valence-corrected chi connectivity index (χ3v) is 3.65. The number of amides is 2. The highest BCUT2D eigenvalue weighted by molar-refractivity contribution is 6.00. The molecule has 2 aromatic rings. The molecule has 114 valence electrons. The van der Waals surface area contributed by atoms with Crippen LogP contribution in [0.1, 0.15) is 46.8 Å². The summed E-state index contributed by atoms with van der Waals surface area (Å²) in [4.78, 5) is 32.6. The van der Waals surface area contributed by atoms with Crippen molar-refractivity contribution in [2.75, 3.05) is 12.4 Å². The zero-order valence-electron chi connectivity index (χ0n) is 12.3. The van der Waals surface area contributed by atoms with Crippen LogP contribution in [0.2, 0.25) is 0 Å². The molecule has 8 heteroatoms. The molecule has 2 aromatic heterocycles. The van der Waals surface area contributed by atoms with E-state index in [1.807, 2.05) is 6.92 Å². The van der Waals surface area contributed by atoms with Gasteiger partial charge in [0.1, 0.15) is 11.5 Å². The van der Waals surface area contributed by atoms with E-state index >= 15 is 0 Å². The van der Waals surface area contributed by atoms with Crippen LogP contribution >= 0.6 is 0 Å². The first-order valence-corrected chi connectivity index (χ1v) is 7.06. The third kappa shape index (κ3) is 2.32. The average molecular weight is 300 g/mol. The minimum atomic E-state index is -0.317. The fraction of sp³-hybridized carbons (Fsp3) is 0.357. The molecule has 0 radical (unpaired) electrons. The Kier molecular flexibility index (Phi) is 3.58. The molecular weight excluding hydrogens is 284 g/mol. The number of aromatic nitrogens is 4. The smallest absolute Gasteiger partial charge is 0.269 e. The lowest BCUT2D eigenvalue weighted by atomic mass is 9.88. The lowest BCUT2D eigenvalue weighted by molar-refractivity contribution is -0.116. The molecule has 1 aliphatic heterocycles. The summed E-state index contributed by atoms with van der Waals surface area (Å²) in [6.07, 6.45) is 2.59. The van der Waals surface area contributed by atoms with E-state index in [1.54, 1.807) is 19.3 Å². The van der Waals surface area contributed by atoms with Crippen molar-refractivity contribution in [1.82, 2.24) is 25.5 Å². The summed E-state index contributed by atoms with van der Waals surface area (Å²) in [6, 6.07) is 1.77. The number of anilines is 1. The number of aryl methyl sites for hydroxylation is 1. The molecule has 3 heterocycles. The average Bonchev–Trinajstić information content (AvgIpc) is 2.97. The molecule has 2 amide bonds. The number of carbonyl (C=O) groups excluding carboxylic acids is 2. The molecule has 0 spiro atoms. The van der Waals surface area contributed by atoms with Gasteiger partial charge < -0.3 is 10.6 Å². The highest BCUT2D eigenvalue weighted by Crippen LogP contribution is 2.37. The van der Waals surface area contributed by atoms with Gasteiger partial charge in [-0.05, 0) is 6.07 Å². The van der Waals surface area contributed by atoms with Gasteiger partial charge in [0.25, 0.3) is 5.91 Å². The highest BCUT2D eigenvalue weighted by atomic mass is 16.2. The van der Waals surface area contributed by atoms with Crippen LogP contribution in [0.4, 0.5) is 5.82 Å². The molecule has 0 aliphatic carbocycles. The number of aromatic amines is 1. The van der Waals surface area contributed by atoms with Gasteiger partial charge in [0.15, 0.2) is 5.82 Å². The number of nitrogens with zero attached hydrogens (tertiary/aromatic N) is 3. The van der Waals surface area contributed by atoms with Gasteiger partial charge in [-0.2, -0.15) is 5.10 Å². The zero-order chi connectivity index (χ0) is 15.7. The summed E-state index contributed by atoms with van der Waals surface area (Å²) in [6.45, 7) is 1.96. The van der Waals surface area contributed by atoms with Crippen molar-refractivity contribution in [2.24, 2.45) is 0 Å². The number of carbonyl (C=O) groups is 2. The summed E-state index contributed by atoms with van der Waals surface area (Å²) in [5, 5.41) is 12.0. The topological polar surface area (TPSA) is 113 Å². The van der Waals surface area contributed by atoms with E-state index in [0.29, 0.717) is 29.3 Å². The van der Waals surface area contributed by atoms with E-state index in [-0.39, 0.29) is 24.2 Å². The van der Waals surface area contributed by atoms with E-state index in [2.05, 4.69) is 30.8 Å².